The largest absolute Gasteiger partial charge is 0.463 e. The van der Waals surface area contributed by atoms with Gasteiger partial charge in [-0.2, -0.15) is 0 Å². The lowest BCUT2D eigenvalue weighted by molar-refractivity contribution is -0.138. The highest BCUT2D eigenvalue weighted by atomic mass is 79.9. The van der Waals surface area contributed by atoms with Crippen molar-refractivity contribution in [3.63, 3.8) is 0 Å². The molecule has 0 unspecified atom stereocenters. The Labute approximate surface area is 95.8 Å². The van der Waals surface area contributed by atoms with Crippen molar-refractivity contribution in [1.29, 1.82) is 0 Å². The molecule has 5 heteroatoms. The molecule has 80 valence electrons. The molecule has 0 heterocycles. The zero-order valence-electron chi connectivity index (χ0n) is 8.07. The molecule has 1 aromatic rings. The van der Waals surface area contributed by atoms with E-state index in [1.807, 2.05) is 6.07 Å². The molecule has 1 aromatic carbocycles. The monoisotopic (exact) mass is 271 g/mol. The van der Waals surface area contributed by atoms with Crippen molar-refractivity contribution in [2.75, 3.05) is 7.11 Å². The number of rotatable bonds is 3. The zero-order valence-corrected chi connectivity index (χ0v) is 9.65. The highest BCUT2D eigenvalue weighted by Gasteiger charge is 2.12. The number of esters is 1. The highest BCUT2D eigenvalue weighted by molar-refractivity contribution is 9.10. The lowest BCUT2D eigenvalue weighted by atomic mass is 10.3. The first-order chi connectivity index (χ1) is 7.19. The average molecular weight is 272 g/mol. The summed E-state index contributed by atoms with van der Waals surface area (Å²) >= 11 is 3.28. The van der Waals surface area contributed by atoms with E-state index in [2.05, 4.69) is 20.7 Å². The standard InChI is InChI=1S/C10H10BrNO3/c1-14-10(13)9(6-12)15-8-5-3-2-4-7(8)11/h2-6H,12H2,1H3/b9-6-. The fourth-order valence-corrected chi connectivity index (χ4v) is 1.26. The van der Waals surface area contributed by atoms with E-state index >= 15 is 0 Å². The third-order valence-electron chi connectivity index (χ3n) is 1.59. The molecular weight excluding hydrogens is 262 g/mol. The van der Waals surface area contributed by atoms with Crippen LogP contribution in [0, 0.1) is 0 Å². The first kappa shape index (κ1) is 11.6. The number of halogens is 1. The van der Waals surface area contributed by atoms with Crippen LogP contribution in [0.25, 0.3) is 0 Å². The molecule has 0 radical (unpaired) electrons. The SMILES string of the molecule is COC(=O)/C(=C/N)Oc1ccccc1Br. The summed E-state index contributed by atoms with van der Waals surface area (Å²) in [6, 6.07) is 7.11. The maximum absolute atomic E-state index is 11.1. The molecule has 0 amide bonds. The molecule has 15 heavy (non-hydrogen) atoms. The van der Waals surface area contributed by atoms with Crippen molar-refractivity contribution in [3.8, 4) is 5.75 Å². The van der Waals surface area contributed by atoms with Gasteiger partial charge in [0.05, 0.1) is 11.6 Å². The normalized spacial score (nSPS) is 10.9. The van der Waals surface area contributed by atoms with E-state index in [4.69, 9.17) is 10.5 Å². The summed E-state index contributed by atoms with van der Waals surface area (Å²) in [6.45, 7) is 0. The maximum Gasteiger partial charge on any atom is 0.375 e. The van der Waals surface area contributed by atoms with E-state index < -0.39 is 5.97 Å². The Morgan fingerprint density at radius 3 is 2.67 bits per heavy atom. The van der Waals surface area contributed by atoms with Crippen LogP contribution in [0.15, 0.2) is 40.7 Å². The second kappa shape index (κ2) is 5.41. The fraction of sp³-hybridized carbons (Fsp3) is 0.100. The van der Waals surface area contributed by atoms with Crippen LogP contribution >= 0.6 is 15.9 Å². The number of carbonyl (C=O) groups excluding carboxylic acids is 1. The number of benzene rings is 1. The van der Waals surface area contributed by atoms with Crippen molar-refractivity contribution in [1.82, 2.24) is 0 Å². The summed E-state index contributed by atoms with van der Waals surface area (Å²) in [4.78, 5) is 11.1. The van der Waals surface area contributed by atoms with E-state index in [1.165, 1.54) is 7.11 Å². The molecule has 0 fully saturated rings. The molecule has 0 aliphatic carbocycles. The molecule has 0 aliphatic rings. The van der Waals surface area contributed by atoms with Crippen LogP contribution in [0.1, 0.15) is 0 Å². The first-order valence-corrected chi connectivity index (χ1v) is 4.91. The third kappa shape index (κ3) is 2.99. The summed E-state index contributed by atoms with van der Waals surface area (Å²) in [5.41, 5.74) is 5.24. The molecule has 0 atom stereocenters. The zero-order chi connectivity index (χ0) is 11.3. The Balaban J connectivity index is 2.86. The number of ether oxygens (including phenoxy) is 2. The quantitative estimate of drug-likeness (QED) is 0.517. The van der Waals surface area contributed by atoms with E-state index in [-0.39, 0.29) is 5.76 Å². The van der Waals surface area contributed by atoms with Gasteiger partial charge < -0.3 is 15.2 Å². The van der Waals surface area contributed by atoms with Gasteiger partial charge >= 0.3 is 5.97 Å². The Hall–Kier alpha value is -1.49. The topological polar surface area (TPSA) is 61.5 Å². The van der Waals surface area contributed by atoms with Crippen LogP contribution in [0.4, 0.5) is 0 Å². The Bertz CT molecular complexity index is 390. The van der Waals surface area contributed by atoms with Crippen LogP contribution < -0.4 is 10.5 Å². The number of nitrogens with two attached hydrogens (primary N) is 1. The molecule has 2 N–H and O–H groups in total. The fourth-order valence-electron chi connectivity index (χ4n) is 0.890. The molecule has 1 rings (SSSR count). The minimum Gasteiger partial charge on any atom is -0.463 e. The minimum absolute atomic E-state index is 0.0515. The van der Waals surface area contributed by atoms with Crippen molar-refractivity contribution in [2.24, 2.45) is 5.73 Å². The summed E-state index contributed by atoms with van der Waals surface area (Å²) in [5.74, 6) is -0.169. The van der Waals surface area contributed by atoms with E-state index in [0.29, 0.717) is 5.75 Å². The van der Waals surface area contributed by atoms with Crippen molar-refractivity contribution in [2.45, 2.75) is 0 Å². The number of hydrogen-bond donors (Lipinski definition) is 1. The van der Waals surface area contributed by atoms with Crippen molar-refractivity contribution < 1.29 is 14.3 Å². The van der Waals surface area contributed by atoms with Gasteiger partial charge in [-0.25, -0.2) is 4.79 Å². The molecule has 0 bridgehead atoms. The molecular formula is C10H10BrNO3. The number of carbonyl (C=O) groups is 1. The van der Waals surface area contributed by atoms with Gasteiger partial charge in [0.2, 0.25) is 5.76 Å². The molecule has 0 saturated carbocycles. The van der Waals surface area contributed by atoms with Crippen molar-refractivity contribution >= 4 is 21.9 Å². The first-order valence-electron chi connectivity index (χ1n) is 4.11. The van der Waals surface area contributed by atoms with Crippen LogP contribution in [0.2, 0.25) is 0 Å². The summed E-state index contributed by atoms with van der Waals surface area (Å²) in [7, 11) is 1.26. The second-order valence-corrected chi connectivity index (χ2v) is 3.41. The third-order valence-corrected chi connectivity index (χ3v) is 2.25. The Morgan fingerprint density at radius 1 is 1.47 bits per heavy atom. The smallest absolute Gasteiger partial charge is 0.375 e. The lowest BCUT2D eigenvalue weighted by Gasteiger charge is -2.08. The molecule has 0 saturated heterocycles. The predicted molar refractivity (Wildman–Crippen MR) is 59.1 cm³/mol. The Morgan fingerprint density at radius 2 is 2.13 bits per heavy atom. The summed E-state index contributed by atoms with van der Waals surface area (Å²) < 4.78 is 10.5. The molecule has 0 aliphatic heterocycles. The van der Waals surface area contributed by atoms with Gasteiger partial charge in [0.15, 0.2) is 0 Å². The van der Waals surface area contributed by atoms with Crippen LogP contribution in [-0.4, -0.2) is 13.1 Å². The molecule has 4 nitrogen and oxygen atoms in total. The highest BCUT2D eigenvalue weighted by Crippen LogP contribution is 2.25. The molecule has 0 spiro atoms. The van der Waals surface area contributed by atoms with Crippen LogP contribution in [0.5, 0.6) is 5.75 Å². The van der Waals surface area contributed by atoms with Gasteiger partial charge in [0.25, 0.3) is 0 Å². The maximum atomic E-state index is 11.1. The lowest BCUT2D eigenvalue weighted by Crippen LogP contribution is -2.12. The van der Waals surface area contributed by atoms with Gasteiger partial charge in [-0.3, -0.25) is 0 Å². The Kier molecular flexibility index (Phi) is 4.17. The second-order valence-electron chi connectivity index (χ2n) is 2.55. The summed E-state index contributed by atoms with van der Waals surface area (Å²) in [6.07, 6.45) is 1.06. The van der Waals surface area contributed by atoms with E-state index in [1.54, 1.807) is 18.2 Å². The van der Waals surface area contributed by atoms with E-state index in [9.17, 15) is 4.79 Å². The van der Waals surface area contributed by atoms with Gasteiger partial charge in [-0.05, 0) is 28.1 Å². The number of hydrogen-bond acceptors (Lipinski definition) is 4. The average Bonchev–Trinajstić information content (AvgIpc) is 2.27. The number of para-hydroxylation sites is 1. The number of methoxy groups -OCH3 is 1. The van der Waals surface area contributed by atoms with Crippen molar-refractivity contribution in [3.05, 3.63) is 40.7 Å². The molecule has 0 aromatic heterocycles. The summed E-state index contributed by atoms with van der Waals surface area (Å²) in [5, 5.41) is 0. The van der Waals surface area contributed by atoms with Gasteiger partial charge in [-0.1, -0.05) is 12.1 Å². The predicted octanol–water partition coefficient (Wildman–Crippen LogP) is 1.80. The minimum atomic E-state index is -0.617. The van der Waals surface area contributed by atoms with Gasteiger partial charge in [0.1, 0.15) is 5.75 Å². The van der Waals surface area contributed by atoms with Crippen LogP contribution in [-0.2, 0) is 9.53 Å². The van der Waals surface area contributed by atoms with Gasteiger partial charge in [-0.15, -0.1) is 0 Å². The van der Waals surface area contributed by atoms with E-state index in [0.717, 1.165) is 10.7 Å². The van der Waals surface area contributed by atoms with Gasteiger partial charge in [0, 0.05) is 6.20 Å². The van der Waals surface area contributed by atoms with Crippen LogP contribution in [0.3, 0.4) is 0 Å².